The molecule has 0 unspecified atom stereocenters. The second-order valence-electron chi connectivity index (χ2n) is 3.93. The van der Waals surface area contributed by atoms with Crippen LogP contribution < -0.4 is 0 Å². The molecule has 0 atom stereocenters. The predicted molar refractivity (Wildman–Crippen MR) is 72.1 cm³/mol. The lowest BCUT2D eigenvalue weighted by Crippen LogP contribution is -2.15. The van der Waals surface area contributed by atoms with Gasteiger partial charge >= 0.3 is 0 Å². The van der Waals surface area contributed by atoms with Gasteiger partial charge in [-0.05, 0) is 23.2 Å². The first-order valence-corrected chi connectivity index (χ1v) is 6.00. The number of hydrogen-bond acceptors (Lipinski definition) is 3. The smallest absolute Gasteiger partial charge is 0.294 e. The average Bonchev–Trinajstić information content (AvgIpc) is 2.83. The lowest BCUT2D eigenvalue weighted by atomic mass is 10.0. The number of Topliss-reactive ketones (excluding diaryl/α,β-unsaturated/α-hetero) is 1. The van der Waals surface area contributed by atoms with Gasteiger partial charge in [-0.15, -0.1) is 0 Å². The van der Waals surface area contributed by atoms with Crippen LogP contribution in [0.5, 0.6) is 0 Å². The molecule has 2 aromatic rings. The first-order valence-electron chi connectivity index (χ1n) is 5.62. The SMILES string of the molecule is COCn1ccc(-c2ccccc2)c1C(=O)C(=O)Cl. The van der Waals surface area contributed by atoms with Crippen molar-refractivity contribution in [3.63, 3.8) is 0 Å². The number of carbonyl (C=O) groups excluding carboxylic acids is 2. The number of benzene rings is 1. The lowest BCUT2D eigenvalue weighted by Gasteiger charge is -2.08. The van der Waals surface area contributed by atoms with Crippen molar-refractivity contribution in [1.29, 1.82) is 0 Å². The second kappa shape index (κ2) is 5.82. The van der Waals surface area contributed by atoms with Crippen LogP contribution in [0.4, 0.5) is 0 Å². The van der Waals surface area contributed by atoms with Gasteiger partial charge in [-0.25, -0.2) is 0 Å². The fraction of sp³-hybridized carbons (Fsp3) is 0.143. The maximum atomic E-state index is 11.9. The summed E-state index contributed by atoms with van der Waals surface area (Å²) < 4.78 is 6.56. The summed E-state index contributed by atoms with van der Waals surface area (Å²) in [6.45, 7) is 0.179. The molecule has 0 amide bonds. The molecule has 2 rings (SSSR count). The molecule has 19 heavy (non-hydrogen) atoms. The maximum absolute atomic E-state index is 11.9. The third-order valence-corrected chi connectivity index (χ3v) is 2.88. The van der Waals surface area contributed by atoms with Gasteiger partial charge in [-0.1, -0.05) is 30.3 Å². The zero-order valence-corrected chi connectivity index (χ0v) is 11.1. The zero-order valence-electron chi connectivity index (χ0n) is 10.3. The highest BCUT2D eigenvalue weighted by Crippen LogP contribution is 2.25. The highest BCUT2D eigenvalue weighted by Gasteiger charge is 2.22. The van der Waals surface area contributed by atoms with E-state index < -0.39 is 11.0 Å². The molecule has 4 nitrogen and oxygen atoms in total. The predicted octanol–water partition coefficient (Wildman–Crippen LogP) is 2.71. The topological polar surface area (TPSA) is 48.3 Å². The van der Waals surface area contributed by atoms with Crippen LogP contribution in [0.2, 0.25) is 0 Å². The Kier molecular flexibility index (Phi) is 4.14. The van der Waals surface area contributed by atoms with Crippen LogP contribution in [-0.4, -0.2) is 22.7 Å². The van der Waals surface area contributed by atoms with Crippen molar-refractivity contribution in [3.8, 4) is 11.1 Å². The van der Waals surface area contributed by atoms with Gasteiger partial charge in [0, 0.05) is 18.9 Å². The highest BCUT2D eigenvalue weighted by atomic mass is 35.5. The summed E-state index contributed by atoms with van der Waals surface area (Å²) in [5.74, 6) is -0.734. The van der Waals surface area contributed by atoms with Gasteiger partial charge in [0.25, 0.3) is 11.0 Å². The Bertz CT molecular complexity index is 604. The zero-order chi connectivity index (χ0) is 13.8. The fourth-order valence-corrected chi connectivity index (χ4v) is 2.01. The number of carbonyl (C=O) groups is 2. The third-order valence-electron chi connectivity index (χ3n) is 2.71. The molecule has 98 valence electrons. The van der Waals surface area contributed by atoms with Crippen LogP contribution in [0.1, 0.15) is 10.5 Å². The Morgan fingerprint density at radius 1 is 1.21 bits per heavy atom. The van der Waals surface area contributed by atoms with E-state index in [-0.39, 0.29) is 12.4 Å². The summed E-state index contributed by atoms with van der Waals surface area (Å²) in [5.41, 5.74) is 1.75. The van der Waals surface area contributed by atoms with E-state index >= 15 is 0 Å². The Balaban J connectivity index is 2.56. The van der Waals surface area contributed by atoms with Crippen molar-refractivity contribution in [2.75, 3.05) is 7.11 Å². The monoisotopic (exact) mass is 277 g/mol. The molecule has 1 heterocycles. The molecule has 1 aromatic heterocycles. The van der Waals surface area contributed by atoms with E-state index in [1.54, 1.807) is 16.8 Å². The summed E-state index contributed by atoms with van der Waals surface area (Å²) in [5, 5.41) is -1.01. The number of aromatic nitrogens is 1. The summed E-state index contributed by atoms with van der Waals surface area (Å²) in [7, 11) is 1.51. The Morgan fingerprint density at radius 2 is 1.89 bits per heavy atom. The van der Waals surface area contributed by atoms with Crippen molar-refractivity contribution < 1.29 is 14.3 Å². The minimum Gasteiger partial charge on any atom is -0.364 e. The molecule has 0 saturated heterocycles. The summed E-state index contributed by atoms with van der Waals surface area (Å²) in [4.78, 5) is 23.1. The Hall–Kier alpha value is -1.91. The van der Waals surface area contributed by atoms with Gasteiger partial charge in [-0.2, -0.15) is 0 Å². The quantitative estimate of drug-likeness (QED) is 0.480. The molecular formula is C14H12ClNO3. The van der Waals surface area contributed by atoms with E-state index in [9.17, 15) is 9.59 Å². The number of ether oxygens (including phenoxy) is 1. The van der Waals surface area contributed by atoms with Gasteiger partial charge in [0.2, 0.25) is 0 Å². The number of hydrogen-bond donors (Lipinski definition) is 0. The molecule has 0 spiro atoms. The average molecular weight is 278 g/mol. The molecule has 1 aromatic carbocycles. The standard InChI is InChI=1S/C14H12ClNO3/c1-19-9-16-8-7-11(10-5-3-2-4-6-10)12(16)13(17)14(15)18/h2-8H,9H2,1H3. The largest absolute Gasteiger partial charge is 0.364 e. The molecule has 0 fully saturated rings. The van der Waals surface area contributed by atoms with Gasteiger partial charge in [0.1, 0.15) is 12.4 Å². The Morgan fingerprint density at radius 3 is 2.47 bits per heavy atom. The lowest BCUT2D eigenvalue weighted by molar-refractivity contribution is -0.108. The Labute approximate surface area is 115 Å². The molecular weight excluding hydrogens is 266 g/mol. The third kappa shape index (κ3) is 2.75. The summed E-state index contributed by atoms with van der Waals surface area (Å²) in [6.07, 6.45) is 1.69. The minimum atomic E-state index is -1.01. The van der Waals surface area contributed by atoms with Crippen LogP contribution >= 0.6 is 11.6 Å². The summed E-state index contributed by atoms with van der Waals surface area (Å²) >= 11 is 5.31. The maximum Gasteiger partial charge on any atom is 0.294 e. The molecule has 0 radical (unpaired) electrons. The van der Waals surface area contributed by atoms with E-state index in [4.69, 9.17) is 16.3 Å². The number of halogens is 1. The number of nitrogens with zero attached hydrogens (tertiary/aromatic N) is 1. The molecule has 0 saturated carbocycles. The number of methoxy groups -OCH3 is 1. The molecule has 0 N–H and O–H groups in total. The molecule has 0 aliphatic carbocycles. The van der Waals surface area contributed by atoms with Crippen LogP contribution in [0.3, 0.4) is 0 Å². The van der Waals surface area contributed by atoms with Crippen molar-refractivity contribution in [2.24, 2.45) is 0 Å². The van der Waals surface area contributed by atoms with E-state index in [1.807, 2.05) is 30.3 Å². The van der Waals surface area contributed by atoms with Crippen LogP contribution in [-0.2, 0) is 16.3 Å². The molecule has 0 aliphatic rings. The molecule has 5 heteroatoms. The van der Waals surface area contributed by atoms with Crippen LogP contribution in [0.15, 0.2) is 42.6 Å². The van der Waals surface area contributed by atoms with Crippen molar-refractivity contribution in [2.45, 2.75) is 6.73 Å². The van der Waals surface area contributed by atoms with Crippen LogP contribution in [0.25, 0.3) is 11.1 Å². The number of rotatable bonds is 5. The first kappa shape index (κ1) is 13.5. The van der Waals surface area contributed by atoms with Gasteiger partial charge in [0.05, 0.1) is 0 Å². The van der Waals surface area contributed by atoms with Crippen molar-refractivity contribution in [1.82, 2.24) is 4.57 Å². The van der Waals surface area contributed by atoms with E-state index in [2.05, 4.69) is 0 Å². The minimum absolute atomic E-state index is 0.179. The molecule has 0 bridgehead atoms. The van der Waals surface area contributed by atoms with Crippen LogP contribution in [0, 0.1) is 0 Å². The summed E-state index contributed by atoms with van der Waals surface area (Å²) in [6, 6.07) is 11.1. The van der Waals surface area contributed by atoms with Crippen molar-refractivity contribution >= 4 is 22.6 Å². The number of ketones is 1. The van der Waals surface area contributed by atoms with Gasteiger partial charge < -0.3 is 9.30 Å². The van der Waals surface area contributed by atoms with E-state index in [0.29, 0.717) is 5.56 Å². The van der Waals surface area contributed by atoms with E-state index in [1.165, 1.54) is 7.11 Å². The molecule has 0 aliphatic heterocycles. The highest BCUT2D eigenvalue weighted by molar-refractivity contribution is 6.83. The fourth-order valence-electron chi connectivity index (χ4n) is 1.92. The second-order valence-corrected chi connectivity index (χ2v) is 4.28. The van der Waals surface area contributed by atoms with E-state index in [0.717, 1.165) is 5.56 Å². The first-order chi connectivity index (χ1) is 9.15. The van der Waals surface area contributed by atoms with Crippen molar-refractivity contribution in [3.05, 3.63) is 48.3 Å². The normalized spacial score (nSPS) is 10.4. The van der Waals surface area contributed by atoms with Gasteiger partial charge in [-0.3, -0.25) is 9.59 Å². The van der Waals surface area contributed by atoms with Gasteiger partial charge in [0.15, 0.2) is 0 Å².